The van der Waals surface area contributed by atoms with E-state index in [-0.39, 0.29) is 5.54 Å². The van der Waals surface area contributed by atoms with E-state index in [2.05, 4.69) is 5.32 Å². The maximum absolute atomic E-state index is 6.37. The first-order chi connectivity index (χ1) is 6.29. The molecule has 1 aliphatic heterocycles. The van der Waals surface area contributed by atoms with Gasteiger partial charge >= 0.3 is 0 Å². The number of nitrogens with one attached hydrogen (secondary N) is 1. The van der Waals surface area contributed by atoms with Gasteiger partial charge in [-0.15, -0.1) is 0 Å². The molecule has 2 nitrogen and oxygen atoms in total. The molecule has 13 heavy (non-hydrogen) atoms. The lowest BCUT2D eigenvalue weighted by molar-refractivity contribution is 0.269. The van der Waals surface area contributed by atoms with Gasteiger partial charge in [0.05, 0.1) is 0 Å². The molecule has 2 aliphatic rings. The highest BCUT2D eigenvalue weighted by molar-refractivity contribution is 4.91. The number of piperidine rings is 1. The van der Waals surface area contributed by atoms with E-state index in [1.165, 1.54) is 58.0 Å². The molecule has 0 aromatic heterocycles. The van der Waals surface area contributed by atoms with Crippen molar-refractivity contribution in [2.24, 2.45) is 11.7 Å². The van der Waals surface area contributed by atoms with E-state index in [1.807, 2.05) is 0 Å². The maximum atomic E-state index is 6.37. The van der Waals surface area contributed by atoms with Gasteiger partial charge in [-0.2, -0.15) is 0 Å². The third kappa shape index (κ3) is 2.44. The zero-order valence-electron chi connectivity index (χ0n) is 8.52. The molecule has 2 rings (SSSR count). The van der Waals surface area contributed by atoms with E-state index in [4.69, 9.17) is 5.73 Å². The Morgan fingerprint density at radius 1 is 1.15 bits per heavy atom. The van der Waals surface area contributed by atoms with Gasteiger partial charge in [0.15, 0.2) is 0 Å². The summed E-state index contributed by atoms with van der Waals surface area (Å²) in [5, 5.41) is 3.41. The van der Waals surface area contributed by atoms with Gasteiger partial charge in [-0.05, 0) is 51.1 Å². The van der Waals surface area contributed by atoms with E-state index >= 15 is 0 Å². The van der Waals surface area contributed by atoms with Crippen LogP contribution in [-0.2, 0) is 0 Å². The molecule has 0 bridgehead atoms. The molecule has 0 atom stereocenters. The van der Waals surface area contributed by atoms with Crippen molar-refractivity contribution in [3.05, 3.63) is 0 Å². The molecule has 0 aromatic rings. The fourth-order valence-electron chi connectivity index (χ4n) is 2.94. The van der Waals surface area contributed by atoms with Crippen LogP contribution in [0.3, 0.4) is 0 Å². The fraction of sp³-hybridized carbons (Fsp3) is 1.00. The van der Waals surface area contributed by atoms with Crippen LogP contribution in [0.2, 0.25) is 0 Å². The highest BCUT2D eigenvalue weighted by Crippen LogP contribution is 2.34. The summed E-state index contributed by atoms with van der Waals surface area (Å²) in [6.45, 7) is 2.42. The summed E-state index contributed by atoms with van der Waals surface area (Å²) in [5.41, 5.74) is 6.59. The molecular formula is C11H22N2. The number of hydrogen-bond acceptors (Lipinski definition) is 2. The second-order valence-corrected chi connectivity index (χ2v) is 4.97. The minimum atomic E-state index is 0.224. The van der Waals surface area contributed by atoms with Crippen molar-refractivity contribution < 1.29 is 0 Å². The van der Waals surface area contributed by atoms with Crippen LogP contribution in [0.1, 0.15) is 44.9 Å². The van der Waals surface area contributed by atoms with Gasteiger partial charge in [-0.3, -0.25) is 0 Å². The topological polar surface area (TPSA) is 38.0 Å². The highest BCUT2D eigenvalue weighted by Gasteiger charge is 2.32. The Hall–Kier alpha value is -0.0800. The van der Waals surface area contributed by atoms with Gasteiger partial charge < -0.3 is 11.1 Å². The summed E-state index contributed by atoms with van der Waals surface area (Å²) in [5.74, 6) is 0.907. The van der Waals surface area contributed by atoms with Crippen LogP contribution in [-0.4, -0.2) is 18.6 Å². The van der Waals surface area contributed by atoms with Crippen LogP contribution in [0.15, 0.2) is 0 Å². The van der Waals surface area contributed by atoms with Gasteiger partial charge in [0.1, 0.15) is 0 Å². The van der Waals surface area contributed by atoms with Gasteiger partial charge in [0.25, 0.3) is 0 Å². The molecule has 1 saturated carbocycles. The molecule has 1 saturated heterocycles. The zero-order chi connectivity index (χ0) is 9.15. The van der Waals surface area contributed by atoms with Crippen LogP contribution < -0.4 is 11.1 Å². The minimum Gasteiger partial charge on any atom is -0.325 e. The van der Waals surface area contributed by atoms with Gasteiger partial charge in [-0.1, -0.05) is 12.8 Å². The Morgan fingerprint density at radius 3 is 2.38 bits per heavy atom. The predicted octanol–water partition coefficient (Wildman–Crippen LogP) is 1.65. The molecule has 2 heteroatoms. The van der Waals surface area contributed by atoms with E-state index < -0.39 is 0 Å². The summed E-state index contributed by atoms with van der Waals surface area (Å²) in [4.78, 5) is 0. The normalized spacial score (nSPS) is 29.3. The average Bonchev–Trinajstić information content (AvgIpc) is 2.54. The third-order valence-corrected chi connectivity index (χ3v) is 3.75. The Balaban J connectivity index is 1.81. The molecule has 0 spiro atoms. The van der Waals surface area contributed by atoms with Gasteiger partial charge in [-0.25, -0.2) is 0 Å². The van der Waals surface area contributed by atoms with E-state index in [0.717, 1.165) is 5.92 Å². The number of nitrogens with two attached hydrogens (primary N) is 1. The first kappa shape index (κ1) is 9.47. The minimum absolute atomic E-state index is 0.224. The summed E-state index contributed by atoms with van der Waals surface area (Å²) >= 11 is 0. The van der Waals surface area contributed by atoms with Crippen LogP contribution in [0.4, 0.5) is 0 Å². The Morgan fingerprint density at radius 2 is 1.77 bits per heavy atom. The molecule has 2 fully saturated rings. The van der Waals surface area contributed by atoms with E-state index in [1.54, 1.807) is 0 Å². The fourth-order valence-corrected chi connectivity index (χ4v) is 2.94. The van der Waals surface area contributed by atoms with Gasteiger partial charge in [0, 0.05) is 5.54 Å². The molecule has 1 heterocycles. The molecule has 0 radical (unpaired) electrons. The Kier molecular flexibility index (Phi) is 2.89. The van der Waals surface area contributed by atoms with E-state index in [9.17, 15) is 0 Å². The van der Waals surface area contributed by atoms with Crippen LogP contribution >= 0.6 is 0 Å². The van der Waals surface area contributed by atoms with E-state index in [0.29, 0.717) is 0 Å². The predicted molar refractivity (Wildman–Crippen MR) is 55.6 cm³/mol. The molecule has 0 amide bonds. The van der Waals surface area contributed by atoms with Crippen LogP contribution in [0, 0.1) is 5.92 Å². The number of hydrogen-bond donors (Lipinski definition) is 2. The maximum Gasteiger partial charge on any atom is 0.0157 e. The summed E-state index contributed by atoms with van der Waals surface area (Å²) < 4.78 is 0. The van der Waals surface area contributed by atoms with Crippen molar-refractivity contribution >= 4 is 0 Å². The lowest BCUT2D eigenvalue weighted by atomic mass is 9.82. The monoisotopic (exact) mass is 182 g/mol. The Bertz CT molecular complexity index is 155. The lowest BCUT2D eigenvalue weighted by Gasteiger charge is -2.31. The summed E-state index contributed by atoms with van der Waals surface area (Å²) in [7, 11) is 0. The van der Waals surface area contributed by atoms with Crippen LogP contribution in [0.25, 0.3) is 0 Å². The van der Waals surface area contributed by atoms with Crippen molar-refractivity contribution in [1.82, 2.24) is 5.32 Å². The van der Waals surface area contributed by atoms with Crippen LogP contribution in [0.5, 0.6) is 0 Å². The van der Waals surface area contributed by atoms with Crippen molar-refractivity contribution in [1.29, 1.82) is 0 Å². The SMILES string of the molecule is NC1(CC2CCNCC2)CCCC1. The second-order valence-electron chi connectivity index (χ2n) is 4.97. The molecule has 1 aliphatic carbocycles. The average molecular weight is 182 g/mol. The molecule has 0 unspecified atom stereocenters. The van der Waals surface area contributed by atoms with Gasteiger partial charge in [0.2, 0.25) is 0 Å². The Labute approximate surface area is 81.3 Å². The quantitative estimate of drug-likeness (QED) is 0.681. The summed E-state index contributed by atoms with van der Waals surface area (Å²) in [6.07, 6.45) is 9.25. The first-order valence-corrected chi connectivity index (χ1v) is 5.78. The second kappa shape index (κ2) is 3.97. The van der Waals surface area contributed by atoms with Crippen molar-refractivity contribution in [2.75, 3.05) is 13.1 Å². The molecule has 76 valence electrons. The molecular weight excluding hydrogens is 160 g/mol. The summed E-state index contributed by atoms with van der Waals surface area (Å²) in [6, 6.07) is 0. The van der Waals surface area contributed by atoms with Crippen molar-refractivity contribution in [2.45, 2.75) is 50.5 Å². The third-order valence-electron chi connectivity index (χ3n) is 3.75. The van der Waals surface area contributed by atoms with Crippen molar-refractivity contribution in [3.8, 4) is 0 Å². The molecule has 3 N–H and O–H groups in total. The molecule has 0 aromatic carbocycles. The highest BCUT2D eigenvalue weighted by atomic mass is 14.9. The smallest absolute Gasteiger partial charge is 0.0157 e. The zero-order valence-corrected chi connectivity index (χ0v) is 8.52. The number of rotatable bonds is 2. The van der Waals surface area contributed by atoms with Crippen molar-refractivity contribution in [3.63, 3.8) is 0 Å². The lowest BCUT2D eigenvalue weighted by Crippen LogP contribution is -2.40. The largest absolute Gasteiger partial charge is 0.325 e. The first-order valence-electron chi connectivity index (χ1n) is 5.78. The standard InChI is InChI=1S/C11H22N2/c12-11(5-1-2-6-11)9-10-3-7-13-8-4-10/h10,13H,1-9,12H2.